The number of carbonyl (C=O) groups excluding carboxylic acids is 1. The molecule has 4 nitrogen and oxygen atoms in total. The number of nitrogens with two attached hydrogens (primary N) is 1. The standard InChI is InChI=1S/C17H23BrN2O2.ClH/c1-17(19)8-3-2-4-13(17)16(21)20-14-7-9-22-15-6-5-11(18)10-12(14)15;/h5-6,10,13-14H,2-4,7-9,19H2,1H3,(H,20,21);1H. The molecule has 3 unspecified atom stereocenters. The first-order valence-corrected chi connectivity index (χ1v) is 8.78. The van der Waals surface area contributed by atoms with Crippen LogP contribution in [-0.2, 0) is 4.79 Å². The molecule has 1 aliphatic heterocycles. The summed E-state index contributed by atoms with van der Waals surface area (Å²) in [6.45, 7) is 2.63. The second-order valence-corrected chi connectivity index (χ2v) is 7.60. The predicted octanol–water partition coefficient (Wildman–Crippen LogP) is 3.72. The SMILES string of the molecule is CC1(N)CCCCC1C(=O)NC1CCOc2ccc(Br)cc21.Cl. The minimum atomic E-state index is -0.395. The van der Waals surface area contributed by atoms with Crippen molar-refractivity contribution in [1.82, 2.24) is 5.32 Å². The van der Waals surface area contributed by atoms with Crippen molar-refractivity contribution in [2.24, 2.45) is 11.7 Å². The first kappa shape index (κ1) is 18.6. The molecule has 3 atom stereocenters. The molecule has 0 radical (unpaired) electrons. The van der Waals surface area contributed by atoms with E-state index in [-0.39, 0.29) is 30.3 Å². The number of hydrogen-bond donors (Lipinski definition) is 2. The molecular formula is C17H24BrClN2O2. The molecule has 1 aliphatic carbocycles. The highest BCUT2D eigenvalue weighted by Crippen LogP contribution is 2.36. The van der Waals surface area contributed by atoms with Gasteiger partial charge in [-0.2, -0.15) is 0 Å². The van der Waals surface area contributed by atoms with Crippen LogP contribution in [0.2, 0.25) is 0 Å². The first-order chi connectivity index (χ1) is 10.5. The lowest BCUT2D eigenvalue weighted by atomic mass is 9.74. The van der Waals surface area contributed by atoms with Gasteiger partial charge in [-0.05, 0) is 38.0 Å². The van der Waals surface area contributed by atoms with Crippen molar-refractivity contribution in [2.45, 2.75) is 50.6 Å². The molecule has 3 N–H and O–H groups in total. The van der Waals surface area contributed by atoms with Crippen molar-refractivity contribution in [1.29, 1.82) is 0 Å². The van der Waals surface area contributed by atoms with Crippen LogP contribution in [0.5, 0.6) is 5.75 Å². The van der Waals surface area contributed by atoms with Gasteiger partial charge < -0.3 is 15.8 Å². The van der Waals surface area contributed by atoms with Crippen LogP contribution >= 0.6 is 28.3 Å². The normalized spacial score (nSPS) is 29.7. The molecule has 0 spiro atoms. The summed E-state index contributed by atoms with van der Waals surface area (Å²) in [7, 11) is 0. The molecule has 6 heteroatoms. The Balaban J connectivity index is 0.00000192. The smallest absolute Gasteiger partial charge is 0.225 e. The summed E-state index contributed by atoms with van der Waals surface area (Å²) in [6, 6.07) is 5.94. The van der Waals surface area contributed by atoms with E-state index in [1.54, 1.807) is 0 Å². The van der Waals surface area contributed by atoms with E-state index in [9.17, 15) is 4.79 Å². The van der Waals surface area contributed by atoms with Crippen LogP contribution in [0, 0.1) is 5.92 Å². The highest BCUT2D eigenvalue weighted by atomic mass is 79.9. The molecule has 0 saturated heterocycles. The number of amides is 1. The van der Waals surface area contributed by atoms with Gasteiger partial charge in [0.1, 0.15) is 5.75 Å². The summed E-state index contributed by atoms with van der Waals surface area (Å²) in [5.74, 6) is 0.848. The van der Waals surface area contributed by atoms with Gasteiger partial charge in [-0.1, -0.05) is 28.8 Å². The molecule has 0 aromatic heterocycles. The van der Waals surface area contributed by atoms with Gasteiger partial charge in [-0.3, -0.25) is 4.79 Å². The highest BCUT2D eigenvalue weighted by molar-refractivity contribution is 9.10. The molecule has 23 heavy (non-hydrogen) atoms. The van der Waals surface area contributed by atoms with Gasteiger partial charge in [0, 0.05) is 22.0 Å². The van der Waals surface area contributed by atoms with E-state index in [0.29, 0.717) is 6.61 Å². The van der Waals surface area contributed by atoms with Crippen molar-refractivity contribution in [3.05, 3.63) is 28.2 Å². The molecular weight excluding hydrogens is 380 g/mol. The van der Waals surface area contributed by atoms with Gasteiger partial charge in [-0.15, -0.1) is 12.4 Å². The zero-order chi connectivity index (χ0) is 15.7. The zero-order valence-corrected chi connectivity index (χ0v) is 15.7. The number of hydrogen-bond acceptors (Lipinski definition) is 3. The first-order valence-electron chi connectivity index (χ1n) is 7.99. The molecule has 1 fully saturated rings. The average molecular weight is 404 g/mol. The predicted molar refractivity (Wildman–Crippen MR) is 96.9 cm³/mol. The molecule has 1 saturated carbocycles. The van der Waals surface area contributed by atoms with Gasteiger partial charge >= 0.3 is 0 Å². The van der Waals surface area contributed by atoms with E-state index < -0.39 is 5.54 Å². The Morgan fingerprint density at radius 3 is 2.91 bits per heavy atom. The van der Waals surface area contributed by atoms with Crippen LogP contribution in [0.3, 0.4) is 0 Å². The van der Waals surface area contributed by atoms with Crippen LogP contribution in [0.1, 0.15) is 50.6 Å². The highest BCUT2D eigenvalue weighted by Gasteiger charge is 2.38. The number of carbonyl (C=O) groups is 1. The van der Waals surface area contributed by atoms with Crippen LogP contribution < -0.4 is 15.8 Å². The largest absolute Gasteiger partial charge is 0.493 e. The summed E-state index contributed by atoms with van der Waals surface area (Å²) in [4.78, 5) is 12.7. The van der Waals surface area contributed by atoms with Crippen molar-refractivity contribution in [2.75, 3.05) is 6.61 Å². The minimum absolute atomic E-state index is 0. The number of ether oxygens (including phenoxy) is 1. The van der Waals surface area contributed by atoms with E-state index in [4.69, 9.17) is 10.5 Å². The third kappa shape index (κ3) is 4.01. The Morgan fingerprint density at radius 1 is 1.39 bits per heavy atom. The Hall–Kier alpha value is -0.780. The third-order valence-electron chi connectivity index (χ3n) is 4.90. The molecule has 128 valence electrons. The fourth-order valence-electron chi connectivity index (χ4n) is 3.58. The van der Waals surface area contributed by atoms with E-state index in [2.05, 4.69) is 21.2 Å². The third-order valence-corrected chi connectivity index (χ3v) is 5.39. The molecule has 1 aromatic rings. The second kappa shape index (κ2) is 7.41. The number of fused-ring (bicyclic) bond motifs is 1. The summed E-state index contributed by atoms with van der Waals surface area (Å²) < 4.78 is 6.68. The monoisotopic (exact) mass is 402 g/mol. The van der Waals surface area contributed by atoms with E-state index in [1.165, 1.54) is 0 Å². The minimum Gasteiger partial charge on any atom is -0.493 e. The summed E-state index contributed by atoms with van der Waals surface area (Å²) in [6.07, 6.45) is 4.79. The van der Waals surface area contributed by atoms with E-state index in [1.807, 2.05) is 25.1 Å². The van der Waals surface area contributed by atoms with Crippen molar-refractivity contribution in [3.8, 4) is 5.75 Å². The number of rotatable bonds is 2. The Kier molecular flexibility index (Phi) is 5.98. The van der Waals surface area contributed by atoms with Gasteiger partial charge in [0.15, 0.2) is 0 Å². The Bertz CT molecular complexity index is 580. The number of benzene rings is 1. The quantitative estimate of drug-likeness (QED) is 0.791. The maximum atomic E-state index is 12.7. The Morgan fingerprint density at radius 2 is 2.17 bits per heavy atom. The van der Waals surface area contributed by atoms with Crippen LogP contribution in [0.15, 0.2) is 22.7 Å². The molecule has 2 aliphatic rings. The maximum absolute atomic E-state index is 12.7. The number of halogens is 2. The van der Waals surface area contributed by atoms with Gasteiger partial charge in [0.05, 0.1) is 18.6 Å². The van der Waals surface area contributed by atoms with Crippen molar-refractivity contribution < 1.29 is 9.53 Å². The summed E-state index contributed by atoms with van der Waals surface area (Å²) in [5.41, 5.74) is 7.00. The number of nitrogens with one attached hydrogen (secondary N) is 1. The van der Waals surface area contributed by atoms with Gasteiger partial charge in [0.25, 0.3) is 0 Å². The van der Waals surface area contributed by atoms with Crippen molar-refractivity contribution >= 4 is 34.2 Å². The lowest BCUT2D eigenvalue weighted by molar-refractivity contribution is -0.129. The molecule has 1 heterocycles. The topological polar surface area (TPSA) is 64.4 Å². The summed E-state index contributed by atoms with van der Waals surface area (Å²) in [5, 5.41) is 3.21. The maximum Gasteiger partial charge on any atom is 0.225 e. The van der Waals surface area contributed by atoms with E-state index in [0.717, 1.165) is 47.9 Å². The lowest BCUT2D eigenvalue weighted by Crippen LogP contribution is -2.53. The van der Waals surface area contributed by atoms with Gasteiger partial charge in [-0.25, -0.2) is 0 Å². The lowest BCUT2D eigenvalue weighted by Gasteiger charge is -2.38. The fraction of sp³-hybridized carbons (Fsp3) is 0.588. The molecule has 1 amide bonds. The van der Waals surface area contributed by atoms with E-state index >= 15 is 0 Å². The zero-order valence-electron chi connectivity index (χ0n) is 13.3. The molecule has 1 aromatic carbocycles. The van der Waals surface area contributed by atoms with Gasteiger partial charge in [0.2, 0.25) is 5.91 Å². The van der Waals surface area contributed by atoms with Crippen molar-refractivity contribution in [3.63, 3.8) is 0 Å². The Labute approximate surface area is 152 Å². The average Bonchev–Trinajstić information content (AvgIpc) is 2.47. The summed E-state index contributed by atoms with van der Waals surface area (Å²) >= 11 is 3.49. The molecule has 0 bridgehead atoms. The fourth-order valence-corrected chi connectivity index (χ4v) is 3.96. The van der Waals surface area contributed by atoms with Crippen LogP contribution in [0.4, 0.5) is 0 Å². The van der Waals surface area contributed by atoms with Crippen LogP contribution in [-0.4, -0.2) is 18.1 Å². The second-order valence-electron chi connectivity index (χ2n) is 6.68. The molecule has 3 rings (SSSR count). The van der Waals surface area contributed by atoms with Crippen LogP contribution in [0.25, 0.3) is 0 Å².